The van der Waals surface area contributed by atoms with E-state index >= 15 is 0 Å². The maximum atomic E-state index is 4.76. The van der Waals surface area contributed by atoms with E-state index in [1.165, 1.54) is 4.70 Å². The van der Waals surface area contributed by atoms with Gasteiger partial charge in [0.25, 0.3) is 0 Å². The molecule has 0 bridgehead atoms. The largest absolute Gasteiger partial charge is 0.353 e. The molecule has 0 saturated carbocycles. The fourth-order valence-corrected chi connectivity index (χ4v) is 3.89. The fourth-order valence-electron chi connectivity index (χ4n) is 2.87. The second-order valence-electron chi connectivity index (χ2n) is 5.66. The van der Waals surface area contributed by atoms with Crippen LogP contribution in [0.4, 0.5) is 10.9 Å². The molecule has 0 N–H and O–H groups in total. The van der Waals surface area contributed by atoms with Crippen molar-refractivity contribution in [3.05, 3.63) is 42.4 Å². The van der Waals surface area contributed by atoms with E-state index in [-0.39, 0.29) is 0 Å². The Morgan fingerprint density at radius 3 is 2.61 bits per heavy atom. The van der Waals surface area contributed by atoms with Gasteiger partial charge < -0.3 is 9.80 Å². The average Bonchev–Trinajstić information content (AvgIpc) is 3.06. The number of nitrogens with zero attached hydrogens (tertiary/aromatic N) is 5. The highest BCUT2D eigenvalue weighted by Gasteiger charge is 2.20. The summed E-state index contributed by atoms with van der Waals surface area (Å²) in [6.07, 6.45) is 2.62. The predicted molar refractivity (Wildman–Crippen MR) is 95.5 cm³/mol. The van der Waals surface area contributed by atoms with Gasteiger partial charge in [0.1, 0.15) is 12.1 Å². The smallest absolute Gasteiger partial charge is 0.186 e. The Morgan fingerprint density at radius 1 is 1.04 bits per heavy atom. The lowest BCUT2D eigenvalue weighted by atomic mass is 10.3. The molecule has 4 rings (SSSR count). The summed E-state index contributed by atoms with van der Waals surface area (Å²) in [6.45, 7) is 6.01. The number of aryl methyl sites for hydroxylation is 1. The van der Waals surface area contributed by atoms with Crippen molar-refractivity contribution in [2.24, 2.45) is 0 Å². The molecule has 6 heteroatoms. The lowest BCUT2D eigenvalue weighted by Gasteiger charge is -2.35. The van der Waals surface area contributed by atoms with Gasteiger partial charge in [-0.2, -0.15) is 0 Å². The fraction of sp³-hybridized carbons (Fsp3) is 0.353. The predicted octanol–water partition coefficient (Wildman–Crippen LogP) is 2.98. The van der Waals surface area contributed by atoms with Gasteiger partial charge in [0.2, 0.25) is 0 Å². The minimum Gasteiger partial charge on any atom is -0.353 e. The highest BCUT2D eigenvalue weighted by atomic mass is 32.1. The summed E-state index contributed by atoms with van der Waals surface area (Å²) >= 11 is 1.78. The van der Waals surface area contributed by atoms with Gasteiger partial charge in [-0.1, -0.05) is 30.4 Å². The minimum absolute atomic E-state index is 0.946. The molecule has 0 spiro atoms. The number of thiazole rings is 1. The van der Waals surface area contributed by atoms with Crippen molar-refractivity contribution >= 4 is 32.5 Å². The number of anilines is 2. The zero-order valence-electron chi connectivity index (χ0n) is 13.1. The van der Waals surface area contributed by atoms with Crippen LogP contribution in [0.15, 0.2) is 36.7 Å². The summed E-state index contributed by atoms with van der Waals surface area (Å²) in [5.41, 5.74) is 2.20. The number of aromatic nitrogens is 3. The Labute approximate surface area is 139 Å². The first kappa shape index (κ1) is 14.4. The van der Waals surface area contributed by atoms with Crippen LogP contribution in [0.1, 0.15) is 12.6 Å². The first-order valence-electron chi connectivity index (χ1n) is 8.00. The molecule has 0 amide bonds. The summed E-state index contributed by atoms with van der Waals surface area (Å²) in [5.74, 6) is 1.04. The molecule has 0 unspecified atom stereocenters. The third-order valence-corrected chi connectivity index (χ3v) is 5.33. The maximum Gasteiger partial charge on any atom is 0.186 e. The molecule has 0 atom stereocenters. The van der Waals surface area contributed by atoms with Gasteiger partial charge in [0, 0.05) is 37.9 Å². The molecule has 2 aromatic heterocycles. The van der Waals surface area contributed by atoms with E-state index in [0.717, 1.165) is 54.8 Å². The number of hydrogen-bond acceptors (Lipinski definition) is 6. The van der Waals surface area contributed by atoms with E-state index in [4.69, 9.17) is 4.98 Å². The first-order chi connectivity index (χ1) is 11.3. The quantitative estimate of drug-likeness (QED) is 0.741. The summed E-state index contributed by atoms with van der Waals surface area (Å²) < 4.78 is 1.26. The zero-order chi connectivity index (χ0) is 15.6. The lowest BCUT2D eigenvalue weighted by molar-refractivity contribution is 0.645. The first-order valence-corrected chi connectivity index (χ1v) is 8.81. The van der Waals surface area contributed by atoms with Crippen molar-refractivity contribution in [1.29, 1.82) is 0 Å². The highest BCUT2D eigenvalue weighted by Crippen LogP contribution is 2.29. The van der Waals surface area contributed by atoms with Crippen molar-refractivity contribution in [3.63, 3.8) is 0 Å². The molecule has 3 heterocycles. The Kier molecular flexibility index (Phi) is 3.83. The van der Waals surface area contributed by atoms with Crippen LogP contribution in [0.2, 0.25) is 0 Å². The van der Waals surface area contributed by atoms with Crippen molar-refractivity contribution < 1.29 is 0 Å². The van der Waals surface area contributed by atoms with Gasteiger partial charge >= 0.3 is 0 Å². The number of rotatable bonds is 3. The van der Waals surface area contributed by atoms with Crippen molar-refractivity contribution in [2.75, 3.05) is 36.0 Å². The summed E-state index contributed by atoms with van der Waals surface area (Å²) in [7, 11) is 0. The van der Waals surface area contributed by atoms with E-state index in [9.17, 15) is 0 Å². The highest BCUT2D eigenvalue weighted by molar-refractivity contribution is 7.22. The van der Waals surface area contributed by atoms with E-state index in [2.05, 4.69) is 51.0 Å². The van der Waals surface area contributed by atoms with Crippen LogP contribution >= 0.6 is 11.3 Å². The van der Waals surface area contributed by atoms with Crippen LogP contribution in [0, 0.1) is 0 Å². The van der Waals surface area contributed by atoms with Crippen LogP contribution in [0.25, 0.3) is 10.2 Å². The van der Waals surface area contributed by atoms with Crippen molar-refractivity contribution in [3.8, 4) is 0 Å². The summed E-state index contributed by atoms with van der Waals surface area (Å²) in [6, 6.07) is 10.4. The van der Waals surface area contributed by atoms with Crippen LogP contribution in [-0.4, -0.2) is 41.1 Å². The molecule has 1 saturated heterocycles. The number of hydrogen-bond donors (Lipinski definition) is 0. The molecule has 23 heavy (non-hydrogen) atoms. The van der Waals surface area contributed by atoms with Crippen LogP contribution in [-0.2, 0) is 6.42 Å². The minimum atomic E-state index is 0.946. The van der Waals surface area contributed by atoms with Crippen molar-refractivity contribution in [1.82, 2.24) is 15.0 Å². The molecule has 1 aliphatic heterocycles. The van der Waals surface area contributed by atoms with E-state index < -0.39 is 0 Å². The van der Waals surface area contributed by atoms with Crippen LogP contribution in [0.5, 0.6) is 0 Å². The second kappa shape index (κ2) is 6.12. The third kappa shape index (κ3) is 2.86. The van der Waals surface area contributed by atoms with Gasteiger partial charge in [-0.15, -0.1) is 0 Å². The summed E-state index contributed by atoms with van der Waals surface area (Å²) in [5, 5.41) is 1.13. The van der Waals surface area contributed by atoms with Gasteiger partial charge in [-0.3, -0.25) is 0 Å². The third-order valence-electron chi connectivity index (χ3n) is 4.23. The second-order valence-corrected chi connectivity index (χ2v) is 6.67. The molecule has 0 aliphatic carbocycles. The number of piperazine rings is 1. The zero-order valence-corrected chi connectivity index (χ0v) is 14.0. The molecule has 0 radical (unpaired) electrons. The van der Waals surface area contributed by atoms with Gasteiger partial charge in [0.15, 0.2) is 5.13 Å². The average molecular weight is 325 g/mol. The van der Waals surface area contributed by atoms with E-state index in [1.807, 2.05) is 6.07 Å². The van der Waals surface area contributed by atoms with Gasteiger partial charge in [0.05, 0.1) is 10.2 Å². The van der Waals surface area contributed by atoms with E-state index in [0.29, 0.717) is 0 Å². The van der Waals surface area contributed by atoms with Gasteiger partial charge in [-0.05, 0) is 18.6 Å². The van der Waals surface area contributed by atoms with Crippen LogP contribution in [0.3, 0.4) is 0 Å². The Balaban J connectivity index is 1.48. The number of benzene rings is 1. The molecule has 1 aliphatic rings. The molecule has 5 nitrogen and oxygen atoms in total. The SMILES string of the molecule is CCc1cc(N2CCN(c3nc4ccccc4s3)CC2)ncn1. The summed E-state index contributed by atoms with van der Waals surface area (Å²) in [4.78, 5) is 18.2. The Morgan fingerprint density at radius 2 is 1.83 bits per heavy atom. The van der Waals surface area contributed by atoms with Gasteiger partial charge in [-0.25, -0.2) is 15.0 Å². The Hall–Kier alpha value is -2.21. The maximum absolute atomic E-state index is 4.76. The number of fused-ring (bicyclic) bond motifs is 1. The molecule has 118 valence electrons. The topological polar surface area (TPSA) is 45.2 Å². The van der Waals surface area contributed by atoms with E-state index in [1.54, 1.807) is 17.7 Å². The van der Waals surface area contributed by atoms with Crippen molar-refractivity contribution in [2.45, 2.75) is 13.3 Å². The normalized spacial score (nSPS) is 15.3. The molecule has 1 aromatic carbocycles. The van der Waals surface area contributed by atoms with Crippen LogP contribution < -0.4 is 9.80 Å². The Bertz CT molecular complexity index is 774. The molecular weight excluding hydrogens is 306 g/mol. The molecule has 3 aromatic rings. The number of para-hydroxylation sites is 1. The monoisotopic (exact) mass is 325 g/mol. The molecular formula is C17H19N5S. The molecule has 1 fully saturated rings. The standard InChI is InChI=1S/C17H19N5S/c1-2-13-11-16(19-12-18-13)21-7-9-22(10-8-21)17-20-14-5-3-4-6-15(14)23-17/h3-6,11-12H,2,7-10H2,1H3. The lowest BCUT2D eigenvalue weighted by Crippen LogP contribution is -2.46.